The highest BCUT2D eigenvalue weighted by atomic mass is 16.4. The van der Waals surface area contributed by atoms with E-state index in [4.69, 9.17) is 5.11 Å². The first-order valence-electron chi connectivity index (χ1n) is 4.41. The van der Waals surface area contributed by atoms with Crippen LogP contribution in [0.5, 0.6) is 0 Å². The van der Waals surface area contributed by atoms with Crippen molar-refractivity contribution in [1.29, 1.82) is 0 Å². The summed E-state index contributed by atoms with van der Waals surface area (Å²) in [5.41, 5.74) is 0. The molecule has 1 saturated heterocycles. The summed E-state index contributed by atoms with van der Waals surface area (Å²) < 4.78 is 0. The second-order valence-electron chi connectivity index (χ2n) is 3.32. The van der Waals surface area contributed by atoms with Crippen molar-refractivity contribution in [2.45, 2.75) is 18.6 Å². The fourth-order valence-electron chi connectivity index (χ4n) is 1.58. The average molecular weight is 202 g/mol. The molecule has 1 aliphatic rings. The second kappa shape index (κ2) is 4.39. The van der Waals surface area contributed by atoms with Crippen molar-refractivity contribution >= 4 is 11.9 Å². The highest BCUT2D eigenvalue weighted by molar-refractivity contribution is 5.85. The molecule has 1 fully saturated rings. The van der Waals surface area contributed by atoms with Crippen LogP contribution in [0.1, 0.15) is 6.42 Å². The number of aliphatic hydroxyl groups excluding tert-OH is 1. The van der Waals surface area contributed by atoms with Gasteiger partial charge >= 0.3 is 5.97 Å². The SMILES string of the molecule is CNCC(=O)N1CC(O)CC1C(=O)O. The van der Waals surface area contributed by atoms with Crippen molar-refractivity contribution in [1.82, 2.24) is 10.2 Å². The van der Waals surface area contributed by atoms with E-state index in [1.54, 1.807) is 7.05 Å². The Morgan fingerprint density at radius 1 is 1.57 bits per heavy atom. The van der Waals surface area contributed by atoms with E-state index < -0.39 is 18.1 Å². The Morgan fingerprint density at radius 3 is 2.71 bits per heavy atom. The molecular weight excluding hydrogens is 188 g/mol. The van der Waals surface area contributed by atoms with Gasteiger partial charge in [0.1, 0.15) is 6.04 Å². The molecule has 1 heterocycles. The van der Waals surface area contributed by atoms with Crippen LogP contribution in [-0.2, 0) is 9.59 Å². The summed E-state index contributed by atoms with van der Waals surface area (Å²) in [6.45, 7) is 0.202. The number of aliphatic carboxylic acids is 1. The van der Waals surface area contributed by atoms with Crippen LogP contribution in [0.4, 0.5) is 0 Å². The van der Waals surface area contributed by atoms with Gasteiger partial charge in [-0.15, -0.1) is 0 Å². The second-order valence-corrected chi connectivity index (χ2v) is 3.32. The van der Waals surface area contributed by atoms with Gasteiger partial charge in [0.2, 0.25) is 5.91 Å². The predicted octanol–water partition coefficient (Wildman–Crippen LogP) is -1.75. The van der Waals surface area contributed by atoms with Crippen molar-refractivity contribution < 1.29 is 19.8 Å². The molecule has 0 aromatic heterocycles. The van der Waals surface area contributed by atoms with Crippen LogP contribution in [0, 0.1) is 0 Å². The molecule has 0 aromatic carbocycles. The summed E-state index contributed by atoms with van der Waals surface area (Å²) in [7, 11) is 1.61. The first kappa shape index (κ1) is 10.9. The molecule has 1 amide bonds. The Morgan fingerprint density at radius 2 is 2.21 bits per heavy atom. The lowest BCUT2D eigenvalue weighted by atomic mass is 10.2. The number of nitrogens with zero attached hydrogens (tertiary/aromatic N) is 1. The molecule has 0 radical (unpaired) electrons. The average Bonchev–Trinajstić information content (AvgIpc) is 2.48. The quantitative estimate of drug-likeness (QED) is 0.505. The Bertz CT molecular complexity index is 243. The van der Waals surface area contributed by atoms with E-state index in [1.807, 2.05) is 0 Å². The topological polar surface area (TPSA) is 89.9 Å². The molecule has 0 aliphatic carbocycles. The molecular formula is C8H14N2O4. The molecule has 14 heavy (non-hydrogen) atoms. The number of carbonyl (C=O) groups is 2. The van der Waals surface area contributed by atoms with E-state index in [0.717, 1.165) is 0 Å². The van der Waals surface area contributed by atoms with Gasteiger partial charge in [-0.1, -0.05) is 0 Å². The standard InChI is InChI=1S/C8H14N2O4/c1-9-3-7(12)10-4-5(11)2-6(10)8(13)14/h5-6,9,11H,2-4H2,1H3,(H,13,14). The maximum absolute atomic E-state index is 11.4. The first-order chi connectivity index (χ1) is 6.56. The van der Waals surface area contributed by atoms with E-state index in [-0.39, 0.29) is 25.4 Å². The molecule has 2 atom stereocenters. The van der Waals surface area contributed by atoms with E-state index >= 15 is 0 Å². The third-order valence-electron chi connectivity index (χ3n) is 2.21. The largest absolute Gasteiger partial charge is 0.480 e. The Hall–Kier alpha value is -1.14. The van der Waals surface area contributed by atoms with Crippen molar-refractivity contribution in [2.24, 2.45) is 0 Å². The number of nitrogens with one attached hydrogen (secondary N) is 1. The molecule has 6 nitrogen and oxygen atoms in total. The van der Waals surface area contributed by atoms with Gasteiger partial charge in [-0.25, -0.2) is 4.79 Å². The van der Waals surface area contributed by atoms with E-state index in [2.05, 4.69) is 5.32 Å². The monoisotopic (exact) mass is 202 g/mol. The van der Waals surface area contributed by atoms with Crippen molar-refractivity contribution in [3.63, 3.8) is 0 Å². The minimum Gasteiger partial charge on any atom is -0.480 e. The molecule has 80 valence electrons. The normalized spacial score (nSPS) is 26.6. The minimum atomic E-state index is -1.06. The molecule has 3 N–H and O–H groups in total. The molecule has 2 unspecified atom stereocenters. The zero-order valence-corrected chi connectivity index (χ0v) is 7.93. The molecule has 6 heteroatoms. The van der Waals surface area contributed by atoms with Crippen molar-refractivity contribution in [3.05, 3.63) is 0 Å². The summed E-state index contributed by atoms with van der Waals surface area (Å²) in [6, 6.07) is -0.883. The van der Waals surface area contributed by atoms with E-state index in [0.29, 0.717) is 0 Å². The highest BCUT2D eigenvalue weighted by Gasteiger charge is 2.38. The lowest BCUT2D eigenvalue weighted by Crippen LogP contribution is -2.44. The van der Waals surface area contributed by atoms with Crippen molar-refractivity contribution in [3.8, 4) is 0 Å². The number of carboxylic acid groups (broad SMARTS) is 1. The smallest absolute Gasteiger partial charge is 0.326 e. The number of β-amino-alcohol motifs (C(OH)–C–C–N with tert-alkyl or cyclic N) is 1. The molecule has 0 bridgehead atoms. The molecule has 1 aliphatic heterocycles. The number of hydrogen-bond donors (Lipinski definition) is 3. The number of likely N-dealkylation sites (tertiary alicyclic amines) is 1. The van der Waals surface area contributed by atoms with Crippen LogP contribution in [0.15, 0.2) is 0 Å². The number of carboxylic acids is 1. The Balaban J connectivity index is 2.66. The third kappa shape index (κ3) is 2.21. The Labute approximate surface area is 81.5 Å². The lowest BCUT2D eigenvalue weighted by molar-refractivity contribution is -0.147. The first-order valence-corrected chi connectivity index (χ1v) is 4.41. The van der Waals surface area contributed by atoms with Gasteiger partial charge in [0.25, 0.3) is 0 Å². The highest BCUT2D eigenvalue weighted by Crippen LogP contribution is 2.17. The fourth-order valence-corrected chi connectivity index (χ4v) is 1.58. The number of amides is 1. The van der Waals surface area contributed by atoms with Crippen LogP contribution in [0.3, 0.4) is 0 Å². The minimum absolute atomic E-state index is 0.0938. The number of likely N-dealkylation sites (N-methyl/N-ethyl adjacent to an activating group) is 1. The maximum atomic E-state index is 11.4. The predicted molar refractivity (Wildman–Crippen MR) is 47.7 cm³/mol. The lowest BCUT2D eigenvalue weighted by Gasteiger charge is -2.20. The maximum Gasteiger partial charge on any atom is 0.326 e. The van der Waals surface area contributed by atoms with Crippen LogP contribution in [0.2, 0.25) is 0 Å². The van der Waals surface area contributed by atoms with Crippen LogP contribution < -0.4 is 5.32 Å². The molecule has 0 spiro atoms. The van der Waals surface area contributed by atoms with Gasteiger partial charge in [0.05, 0.1) is 12.6 Å². The van der Waals surface area contributed by atoms with Crippen LogP contribution in [0.25, 0.3) is 0 Å². The fraction of sp³-hybridized carbons (Fsp3) is 0.750. The van der Waals surface area contributed by atoms with Gasteiger partial charge in [-0.3, -0.25) is 4.79 Å². The van der Waals surface area contributed by atoms with Gasteiger partial charge < -0.3 is 20.4 Å². The summed E-state index contributed by atoms with van der Waals surface area (Å²) in [5, 5.41) is 20.7. The number of aliphatic hydroxyl groups is 1. The van der Waals surface area contributed by atoms with Crippen LogP contribution >= 0.6 is 0 Å². The van der Waals surface area contributed by atoms with Crippen molar-refractivity contribution in [2.75, 3.05) is 20.1 Å². The zero-order valence-electron chi connectivity index (χ0n) is 7.93. The van der Waals surface area contributed by atoms with Crippen LogP contribution in [-0.4, -0.2) is 59.3 Å². The number of hydrogen-bond acceptors (Lipinski definition) is 4. The molecule has 0 aromatic rings. The molecule has 0 saturated carbocycles. The molecule has 1 rings (SSSR count). The summed E-state index contributed by atoms with van der Waals surface area (Å²) in [5.74, 6) is -1.36. The van der Waals surface area contributed by atoms with Gasteiger partial charge in [0, 0.05) is 13.0 Å². The number of carbonyl (C=O) groups excluding carboxylic acids is 1. The van der Waals surface area contributed by atoms with E-state index in [1.165, 1.54) is 4.90 Å². The van der Waals surface area contributed by atoms with Gasteiger partial charge in [-0.2, -0.15) is 0 Å². The van der Waals surface area contributed by atoms with Gasteiger partial charge in [-0.05, 0) is 7.05 Å². The summed E-state index contributed by atoms with van der Waals surface area (Å²) in [4.78, 5) is 23.3. The Kier molecular flexibility index (Phi) is 3.43. The summed E-state index contributed by atoms with van der Waals surface area (Å²) in [6.07, 6.45) is -0.609. The van der Waals surface area contributed by atoms with Gasteiger partial charge in [0.15, 0.2) is 0 Å². The zero-order chi connectivity index (χ0) is 10.7. The number of rotatable bonds is 3. The van der Waals surface area contributed by atoms with E-state index in [9.17, 15) is 14.7 Å². The summed E-state index contributed by atoms with van der Waals surface area (Å²) >= 11 is 0. The third-order valence-corrected chi connectivity index (χ3v) is 2.21.